The molecular formula is C29H27IN2O. The van der Waals surface area contributed by atoms with Gasteiger partial charge < -0.3 is 4.42 Å². The Morgan fingerprint density at radius 2 is 1.94 bits per heavy atom. The van der Waals surface area contributed by atoms with Crippen molar-refractivity contribution < 1.29 is 4.42 Å². The van der Waals surface area contributed by atoms with Crippen LogP contribution in [0, 0.1) is 6.92 Å². The Kier molecular flexibility index (Phi) is 6.45. The lowest BCUT2D eigenvalue weighted by molar-refractivity contribution is 0.652. The van der Waals surface area contributed by atoms with Gasteiger partial charge in [-0.05, 0) is 78.7 Å². The molecule has 4 heteroatoms. The lowest BCUT2D eigenvalue weighted by Crippen LogP contribution is -1.94. The SMILES string of the molecule is C\C(=C/C(=C\C=N\I)c1cccc(C2CCCC2)c1)c1c(C)ccc2c1oc1ncccc12. The van der Waals surface area contributed by atoms with Gasteiger partial charge in [-0.1, -0.05) is 55.3 Å². The van der Waals surface area contributed by atoms with E-state index in [1.165, 1.54) is 42.4 Å². The number of nitrogens with zero attached hydrogens (tertiary/aromatic N) is 2. The Balaban J connectivity index is 1.62. The highest BCUT2D eigenvalue weighted by molar-refractivity contribution is 14.1. The van der Waals surface area contributed by atoms with Crippen LogP contribution in [0.15, 0.2) is 74.5 Å². The van der Waals surface area contributed by atoms with E-state index in [1.54, 1.807) is 6.20 Å². The van der Waals surface area contributed by atoms with Gasteiger partial charge in [-0.3, -0.25) is 0 Å². The summed E-state index contributed by atoms with van der Waals surface area (Å²) in [6.07, 6.45) is 13.3. The van der Waals surface area contributed by atoms with Gasteiger partial charge in [0.15, 0.2) is 0 Å². The molecule has 1 aliphatic carbocycles. The Morgan fingerprint density at radius 3 is 2.76 bits per heavy atom. The fourth-order valence-electron chi connectivity index (χ4n) is 5.14. The van der Waals surface area contributed by atoms with Crippen molar-refractivity contribution in [3.05, 3.63) is 89.1 Å². The minimum atomic E-state index is 0.684. The second-order valence-corrected chi connectivity index (χ2v) is 9.45. The number of aryl methyl sites for hydroxylation is 1. The molecule has 0 radical (unpaired) electrons. The summed E-state index contributed by atoms with van der Waals surface area (Å²) in [4.78, 5) is 4.43. The van der Waals surface area contributed by atoms with E-state index in [9.17, 15) is 0 Å². The molecule has 0 atom stereocenters. The third-order valence-electron chi connectivity index (χ3n) is 6.75. The number of aromatic nitrogens is 1. The fourth-order valence-corrected chi connectivity index (χ4v) is 5.30. The molecule has 1 saturated carbocycles. The molecule has 0 amide bonds. The van der Waals surface area contributed by atoms with Crippen molar-refractivity contribution in [1.82, 2.24) is 4.98 Å². The zero-order chi connectivity index (χ0) is 22.8. The van der Waals surface area contributed by atoms with Crippen molar-refractivity contribution in [2.75, 3.05) is 0 Å². The normalized spacial score (nSPS) is 16.0. The summed E-state index contributed by atoms with van der Waals surface area (Å²) < 4.78 is 10.4. The first-order chi connectivity index (χ1) is 16.2. The topological polar surface area (TPSA) is 38.4 Å². The monoisotopic (exact) mass is 546 g/mol. The van der Waals surface area contributed by atoms with E-state index >= 15 is 0 Å². The number of hydrogen-bond donors (Lipinski definition) is 0. The molecule has 1 aliphatic rings. The molecule has 2 aromatic carbocycles. The van der Waals surface area contributed by atoms with Gasteiger partial charge in [0.25, 0.3) is 0 Å². The molecule has 2 heterocycles. The van der Waals surface area contributed by atoms with Crippen LogP contribution in [0.25, 0.3) is 33.2 Å². The van der Waals surface area contributed by atoms with Crippen LogP contribution in [-0.2, 0) is 0 Å². The van der Waals surface area contributed by atoms with E-state index in [2.05, 4.69) is 76.7 Å². The number of rotatable bonds is 5. The molecule has 0 unspecified atom stereocenters. The van der Waals surface area contributed by atoms with Gasteiger partial charge in [-0.2, -0.15) is 0 Å². The molecule has 0 N–H and O–H groups in total. The fraction of sp³-hybridized carbons (Fsp3) is 0.241. The number of fused-ring (bicyclic) bond motifs is 3. The van der Waals surface area contributed by atoms with E-state index in [0.717, 1.165) is 33.1 Å². The minimum absolute atomic E-state index is 0.684. The van der Waals surface area contributed by atoms with Crippen LogP contribution in [0.4, 0.5) is 0 Å². The number of benzene rings is 2. The van der Waals surface area contributed by atoms with Gasteiger partial charge in [-0.15, -0.1) is 0 Å². The second-order valence-electron chi connectivity index (χ2n) is 8.90. The van der Waals surface area contributed by atoms with Crippen LogP contribution < -0.4 is 0 Å². The quantitative estimate of drug-likeness (QED) is 0.143. The summed E-state index contributed by atoms with van der Waals surface area (Å²) in [5, 5.41) is 2.16. The summed E-state index contributed by atoms with van der Waals surface area (Å²) >= 11 is 2.03. The Bertz CT molecular complexity index is 1400. The van der Waals surface area contributed by atoms with Crippen LogP contribution in [0.1, 0.15) is 60.8 Å². The lowest BCUT2D eigenvalue weighted by atomic mass is 9.92. The van der Waals surface area contributed by atoms with E-state index in [-0.39, 0.29) is 0 Å². The van der Waals surface area contributed by atoms with Crippen molar-refractivity contribution in [3.8, 4) is 0 Å². The maximum Gasteiger partial charge on any atom is 0.227 e. The summed E-state index contributed by atoms with van der Waals surface area (Å²) in [7, 11) is 0. The Hall–Kier alpha value is -2.73. The minimum Gasteiger partial charge on any atom is -0.437 e. The molecule has 0 bridgehead atoms. The van der Waals surface area contributed by atoms with E-state index in [4.69, 9.17) is 4.42 Å². The zero-order valence-corrected chi connectivity index (χ0v) is 21.2. The first-order valence-electron chi connectivity index (χ1n) is 11.6. The average molecular weight is 546 g/mol. The summed E-state index contributed by atoms with van der Waals surface area (Å²) in [5.41, 5.74) is 8.91. The largest absolute Gasteiger partial charge is 0.437 e. The maximum absolute atomic E-state index is 6.24. The van der Waals surface area contributed by atoms with Crippen LogP contribution >= 0.6 is 22.9 Å². The highest BCUT2D eigenvalue weighted by Gasteiger charge is 2.18. The predicted molar refractivity (Wildman–Crippen MR) is 148 cm³/mol. The van der Waals surface area contributed by atoms with E-state index < -0.39 is 0 Å². The van der Waals surface area contributed by atoms with E-state index in [1.807, 2.05) is 35.1 Å². The Morgan fingerprint density at radius 1 is 1.09 bits per heavy atom. The predicted octanol–water partition coefficient (Wildman–Crippen LogP) is 8.85. The molecule has 33 heavy (non-hydrogen) atoms. The summed E-state index contributed by atoms with van der Waals surface area (Å²) in [5.74, 6) is 0.688. The van der Waals surface area contributed by atoms with Crippen LogP contribution in [0.2, 0.25) is 0 Å². The molecule has 1 fully saturated rings. The first-order valence-corrected chi connectivity index (χ1v) is 12.5. The van der Waals surface area contributed by atoms with Gasteiger partial charge in [0, 0.05) is 28.7 Å². The maximum atomic E-state index is 6.24. The van der Waals surface area contributed by atoms with Crippen molar-refractivity contribution >= 4 is 62.3 Å². The molecule has 0 saturated heterocycles. The highest BCUT2D eigenvalue weighted by Crippen LogP contribution is 2.37. The summed E-state index contributed by atoms with van der Waals surface area (Å²) in [6, 6.07) is 17.4. The lowest BCUT2D eigenvalue weighted by Gasteiger charge is -2.13. The van der Waals surface area contributed by atoms with Crippen LogP contribution in [0.5, 0.6) is 0 Å². The van der Waals surface area contributed by atoms with Crippen molar-refractivity contribution in [2.45, 2.75) is 45.4 Å². The number of hydrogen-bond acceptors (Lipinski definition) is 3. The molecule has 4 aromatic rings. The van der Waals surface area contributed by atoms with Gasteiger partial charge in [0.2, 0.25) is 5.71 Å². The molecule has 0 aliphatic heterocycles. The third-order valence-corrected chi connectivity index (χ3v) is 7.07. The zero-order valence-electron chi connectivity index (χ0n) is 19.0. The summed E-state index contributed by atoms with van der Waals surface area (Å²) in [6.45, 7) is 4.31. The number of furan rings is 1. The highest BCUT2D eigenvalue weighted by atomic mass is 127. The third kappa shape index (κ3) is 4.41. The van der Waals surface area contributed by atoms with Crippen molar-refractivity contribution in [1.29, 1.82) is 0 Å². The standard InChI is InChI=1S/C29H27IN2O/c1-19-12-13-25-26-11-6-15-31-29(26)33-28(25)27(19)20(2)17-24(14-16-32-30)23-10-5-9-22(18-23)21-7-3-4-8-21/h5-6,9-18,21H,3-4,7-8H2,1-2H3/b20-17+,24-14+,32-16+. The van der Waals surface area contributed by atoms with Gasteiger partial charge in [-0.25, -0.2) is 8.19 Å². The first kappa shape index (κ1) is 22.1. The van der Waals surface area contributed by atoms with E-state index in [0.29, 0.717) is 11.6 Å². The average Bonchev–Trinajstić information content (AvgIpc) is 3.50. The molecule has 2 aromatic heterocycles. The van der Waals surface area contributed by atoms with Crippen LogP contribution in [-0.4, -0.2) is 11.2 Å². The van der Waals surface area contributed by atoms with Crippen molar-refractivity contribution in [2.24, 2.45) is 3.21 Å². The number of halogens is 1. The van der Waals surface area contributed by atoms with Gasteiger partial charge >= 0.3 is 0 Å². The van der Waals surface area contributed by atoms with Crippen molar-refractivity contribution in [3.63, 3.8) is 0 Å². The Labute approximate surface area is 208 Å². The van der Waals surface area contributed by atoms with Gasteiger partial charge in [0.1, 0.15) is 5.58 Å². The smallest absolute Gasteiger partial charge is 0.227 e. The number of pyridine rings is 1. The van der Waals surface area contributed by atoms with Gasteiger partial charge in [0.05, 0.1) is 22.9 Å². The molecule has 0 spiro atoms. The molecule has 3 nitrogen and oxygen atoms in total. The van der Waals surface area contributed by atoms with Crippen LogP contribution in [0.3, 0.4) is 0 Å². The second kappa shape index (κ2) is 9.64. The molecule has 5 rings (SSSR count). The molecule has 166 valence electrons. The number of allylic oxidation sites excluding steroid dienone is 4. The molecular weight excluding hydrogens is 519 g/mol.